The van der Waals surface area contributed by atoms with E-state index in [1.807, 2.05) is 18.4 Å². The minimum atomic E-state index is -0.231. The van der Waals surface area contributed by atoms with Crippen LogP contribution in [0, 0.1) is 12.8 Å². The van der Waals surface area contributed by atoms with Crippen LogP contribution in [0.1, 0.15) is 30.0 Å². The fourth-order valence-electron chi connectivity index (χ4n) is 2.20. The van der Waals surface area contributed by atoms with Crippen molar-refractivity contribution in [2.75, 3.05) is 11.9 Å². The second-order valence-electron chi connectivity index (χ2n) is 5.74. The summed E-state index contributed by atoms with van der Waals surface area (Å²) in [5.74, 6) is 1.61. The van der Waals surface area contributed by atoms with Gasteiger partial charge in [-0.2, -0.15) is 0 Å². The quantitative estimate of drug-likeness (QED) is 0.749. The summed E-state index contributed by atoms with van der Waals surface area (Å²) in [7, 11) is 0. The van der Waals surface area contributed by atoms with E-state index in [-0.39, 0.29) is 5.91 Å². The van der Waals surface area contributed by atoms with E-state index in [1.165, 1.54) is 11.3 Å². The lowest BCUT2D eigenvalue weighted by molar-refractivity contribution is 0.102. The largest absolute Gasteiger partial charge is 0.493 e. The molecule has 5 nitrogen and oxygen atoms in total. The summed E-state index contributed by atoms with van der Waals surface area (Å²) < 4.78 is 11.5. The molecule has 0 radical (unpaired) electrons. The summed E-state index contributed by atoms with van der Waals surface area (Å²) in [6.07, 6.45) is 1.65. The minimum absolute atomic E-state index is 0.231. The Kier molecular flexibility index (Phi) is 4.34. The monoisotopic (exact) mass is 330 g/mol. The van der Waals surface area contributed by atoms with Gasteiger partial charge in [-0.1, -0.05) is 13.8 Å². The summed E-state index contributed by atoms with van der Waals surface area (Å²) in [6, 6.07) is 5.41. The van der Waals surface area contributed by atoms with Crippen molar-refractivity contribution in [1.29, 1.82) is 0 Å². The van der Waals surface area contributed by atoms with E-state index < -0.39 is 0 Å². The molecule has 1 amide bonds. The molecule has 1 aromatic carbocycles. The van der Waals surface area contributed by atoms with Crippen molar-refractivity contribution in [2.45, 2.75) is 20.8 Å². The molecule has 0 aliphatic carbocycles. The fourth-order valence-corrected chi connectivity index (χ4v) is 2.72. The number of nitrogens with zero attached hydrogens (tertiary/aromatic N) is 1. The molecule has 0 aliphatic rings. The maximum absolute atomic E-state index is 12.4. The molecule has 0 saturated heterocycles. The van der Waals surface area contributed by atoms with Gasteiger partial charge in [0.1, 0.15) is 17.1 Å². The smallest absolute Gasteiger partial charge is 0.257 e. The van der Waals surface area contributed by atoms with Crippen molar-refractivity contribution in [3.8, 4) is 5.75 Å². The molecule has 6 heteroatoms. The zero-order valence-electron chi connectivity index (χ0n) is 13.3. The van der Waals surface area contributed by atoms with Crippen LogP contribution in [-0.2, 0) is 0 Å². The van der Waals surface area contributed by atoms with Crippen LogP contribution in [0.25, 0.3) is 11.0 Å². The molecule has 0 bridgehead atoms. The maximum atomic E-state index is 12.4. The van der Waals surface area contributed by atoms with Gasteiger partial charge in [-0.25, -0.2) is 4.98 Å². The highest BCUT2D eigenvalue weighted by Crippen LogP contribution is 2.31. The first-order valence-electron chi connectivity index (χ1n) is 7.41. The lowest BCUT2D eigenvalue weighted by atomic mass is 10.1. The number of thiazole rings is 1. The van der Waals surface area contributed by atoms with Gasteiger partial charge in [-0.05, 0) is 31.0 Å². The standard InChI is InChI=1S/C17H18N2O3S/c1-10(2)9-21-14-7-12(8-15-13(14)6-11(3)22-15)16(20)19-17-18-4-5-23-17/h4-8,10H,9H2,1-3H3,(H,18,19,20). The normalized spacial score (nSPS) is 11.1. The van der Waals surface area contributed by atoms with E-state index >= 15 is 0 Å². The summed E-state index contributed by atoms with van der Waals surface area (Å²) in [6.45, 7) is 6.62. The van der Waals surface area contributed by atoms with Crippen LogP contribution in [0.2, 0.25) is 0 Å². The van der Waals surface area contributed by atoms with Crippen LogP contribution in [0.5, 0.6) is 5.75 Å². The number of ether oxygens (including phenoxy) is 1. The lowest BCUT2D eigenvalue weighted by Gasteiger charge is -2.11. The van der Waals surface area contributed by atoms with Gasteiger partial charge in [-0.15, -0.1) is 11.3 Å². The molecule has 0 fully saturated rings. The van der Waals surface area contributed by atoms with Crippen molar-refractivity contribution in [3.05, 3.63) is 41.1 Å². The van der Waals surface area contributed by atoms with Gasteiger partial charge >= 0.3 is 0 Å². The second-order valence-corrected chi connectivity index (χ2v) is 6.63. The molecule has 120 valence electrons. The number of nitrogens with one attached hydrogen (secondary N) is 1. The molecule has 0 unspecified atom stereocenters. The first-order valence-corrected chi connectivity index (χ1v) is 8.28. The third kappa shape index (κ3) is 3.53. The highest BCUT2D eigenvalue weighted by atomic mass is 32.1. The summed E-state index contributed by atoms with van der Waals surface area (Å²) in [5, 5.41) is 6.03. The van der Waals surface area contributed by atoms with E-state index in [1.54, 1.807) is 18.3 Å². The van der Waals surface area contributed by atoms with Crippen molar-refractivity contribution < 1.29 is 13.9 Å². The second kappa shape index (κ2) is 6.42. The van der Waals surface area contributed by atoms with Gasteiger partial charge in [0.25, 0.3) is 5.91 Å². The zero-order chi connectivity index (χ0) is 16.4. The molecule has 0 atom stereocenters. The molecule has 1 N–H and O–H groups in total. The Bertz CT molecular complexity index is 822. The summed E-state index contributed by atoms with van der Waals surface area (Å²) in [5.41, 5.74) is 1.13. The average Bonchev–Trinajstić information content (AvgIpc) is 3.12. The van der Waals surface area contributed by atoms with Crippen molar-refractivity contribution >= 4 is 33.3 Å². The molecular formula is C17H18N2O3S. The number of carbonyl (C=O) groups is 1. The Morgan fingerprint density at radius 3 is 2.91 bits per heavy atom. The van der Waals surface area contributed by atoms with Crippen molar-refractivity contribution in [1.82, 2.24) is 4.98 Å². The number of hydrogen-bond donors (Lipinski definition) is 1. The number of aromatic nitrogens is 1. The van der Waals surface area contributed by atoms with E-state index in [2.05, 4.69) is 24.1 Å². The number of amides is 1. The Labute approximate surface area is 138 Å². The first-order chi connectivity index (χ1) is 11.0. The topological polar surface area (TPSA) is 64.4 Å². The predicted molar refractivity (Wildman–Crippen MR) is 91.4 cm³/mol. The molecule has 0 aliphatic heterocycles. The average molecular weight is 330 g/mol. The Balaban J connectivity index is 1.95. The highest BCUT2D eigenvalue weighted by molar-refractivity contribution is 7.13. The molecule has 0 spiro atoms. The third-order valence-corrected chi connectivity index (χ3v) is 3.90. The van der Waals surface area contributed by atoms with E-state index in [9.17, 15) is 4.79 Å². The first kappa shape index (κ1) is 15.6. The molecular weight excluding hydrogens is 312 g/mol. The van der Waals surface area contributed by atoms with Crippen LogP contribution < -0.4 is 10.1 Å². The number of hydrogen-bond acceptors (Lipinski definition) is 5. The predicted octanol–water partition coefficient (Wildman–Crippen LogP) is 4.48. The fraction of sp³-hybridized carbons (Fsp3) is 0.294. The van der Waals surface area contributed by atoms with E-state index in [0.29, 0.717) is 34.6 Å². The number of fused-ring (bicyclic) bond motifs is 1. The zero-order valence-corrected chi connectivity index (χ0v) is 14.1. The summed E-state index contributed by atoms with van der Waals surface area (Å²) >= 11 is 1.37. The molecule has 2 heterocycles. The third-order valence-electron chi connectivity index (χ3n) is 3.21. The molecule has 3 rings (SSSR count). The van der Waals surface area contributed by atoms with Crippen molar-refractivity contribution in [3.63, 3.8) is 0 Å². The van der Waals surface area contributed by atoms with E-state index in [4.69, 9.17) is 9.15 Å². The number of rotatable bonds is 5. The minimum Gasteiger partial charge on any atom is -0.493 e. The number of aryl methyl sites for hydroxylation is 1. The van der Waals surface area contributed by atoms with Crippen LogP contribution >= 0.6 is 11.3 Å². The van der Waals surface area contributed by atoms with Gasteiger partial charge in [0.05, 0.1) is 12.0 Å². The number of carbonyl (C=O) groups excluding carboxylic acids is 1. The van der Waals surface area contributed by atoms with Crippen LogP contribution in [0.3, 0.4) is 0 Å². The lowest BCUT2D eigenvalue weighted by Crippen LogP contribution is -2.12. The Morgan fingerprint density at radius 1 is 1.39 bits per heavy atom. The van der Waals surface area contributed by atoms with Gasteiger partial charge < -0.3 is 9.15 Å². The number of anilines is 1. The maximum Gasteiger partial charge on any atom is 0.257 e. The highest BCUT2D eigenvalue weighted by Gasteiger charge is 2.15. The van der Waals surface area contributed by atoms with Gasteiger partial charge in [-0.3, -0.25) is 10.1 Å². The number of benzene rings is 1. The molecule has 0 saturated carbocycles. The van der Waals surface area contributed by atoms with Crippen LogP contribution in [-0.4, -0.2) is 17.5 Å². The van der Waals surface area contributed by atoms with Crippen LogP contribution in [0.4, 0.5) is 5.13 Å². The Hall–Kier alpha value is -2.34. The van der Waals surface area contributed by atoms with Gasteiger partial charge in [0, 0.05) is 17.1 Å². The van der Waals surface area contributed by atoms with Crippen molar-refractivity contribution in [2.24, 2.45) is 5.92 Å². The molecule has 2 aromatic heterocycles. The SMILES string of the molecule is Cc1cc2c(OCC(C)C)cc(C(=O)Nc3nccs3)cc2o1. The van der Waals surface area contributed by atoms with Crippen LogP contribution in [0.15, 0.2) is 34.2 Å². The Morgan fingerprint density at radius 2 is 2.22 bits per heavy atom. The summed E-state index contributed by atoms with van der Waals surface area (Å²) in [4.78, 5) is 16.5. The van der Waals surface area contributed by atoms with Gasteiger partial charge in [0.2, 0.25) is 0 Å². The van der Waals surface area contributed by atoms with Gasteiger partial charge in [0.15, 0.2) is 5.13 Å². The number of furan rings is 1. The molecule has 23 heavy (non-hydrogen) atoms. The molecule has 3 aromatic rings. The van der Waals surface area contributed by atoms with E-state index in [0.717, 1.165) is 11.1 Å².